The van der Waals surface area contributed by atoms with Gasteiger partial charge in [0.15, 0.2) is 10.9 Å². The third-order valence-corrected chi connectivity index (χ3v) is 7.39. The first-order chi connectivity index (χ1) is 17.1. The standard InChI is InChI=1S/C26H24N4O5S/c1-26(2)11-18-21(19(32)12-26)20(15-5-9-17(31)10-6-15)22-23(27-18)28-25(29-24(22)33)36-13-14-3-7-16(8-4-14)30(34)35/h3-10,20,31H,11-13H2,1-2H3,(H2,27,28,29,33). The molecule has 0 amide bonds. The van der Waals surface area contributed by atoms with E-state index in [-0.39, 0.29) is 28.2 Å². The number of ketones is 1. The number of carbonyl (C=O) groups excluding carboxylic acids is 1. The number of nitro groups is 1. The van der Waals surface area contributed by atoms with E-state index in [0.717, 1.165) is 16.8 Å². The van der Waals surface area contributed by atoms with E-state index in [4.69, 9.17) is 0 Å². The van der Waals surface area contributed by atoms with Gasteiger partial charge >= 0.3 is 0 Å². The maximum atomic E-state index is 13.4. The van der Waals surface area contributed by atoms with Gasteiger partial charge in [0.2, 0.25) is 0 Å². The zero-order chi connectivity index (χ0) is 25.6. The number of thioether (sulfide) groups is 1. The number of allylic oxidation sites excluding steroid dienone is 2. The lowest BCUT2D eigenvalue weighted by Crippen LogP contribution is -2.37. The van der Waals surface area contributed by atoms with Gasteiger partial charge in [-0.25, -0.2) is 4.98 Å². The number of hydrogen-bond donors (Lipinski definition) is 3. The Labute approximate surface area is 210 Å². The molecule has 0 saturated carbocycles. The number of carbonyl (C=O) groups is 1. The van der Waals surface area contributed by atoms with Crippen molar-refractivity contribution in [1.82, 2.24) is 9.97 Å². The van der Waals surface area contributed by atoms with Crippen molar-refractivity contribution in [1.29, 1.82) is 0 Å². The number of rotatable bonds is 5. The minimum Gasteiger partial charge on any atom is -0.508 e. The summed E-state index contributed by atoms with van der Waals surface area (Å²) in [5.74, 6) is 0.370. The van der Waals surface area contributed by atoms with Gasteiger partial charge in [0.05, 0.1) is 10.5 Å². The minimum absolute atomic E-state index is 0.00602. The molecule has 0 radical (unpaired) electrons. The number of phenolic OH excluding ortho intramolecular Hbond substituents is 1. The van der Waals surface area contributed by atoms with E-state index in [9.17, 15) is 24.8 Å². The number of non-ortho nitro benzene ring substituents is 1. The monoisotopic (exact) mass is 504 g/mol. The Balaban J connectivity index is 1.52. The van der Waals surface area contributed by atoms with Crippen molar-refractivity contribution in [2.24, 2.45) is 5.41 Å². The molecule has 9 nitrogen and oxygen atoms in total. The molecule has 5 rings (SSSR count). The van der Waals surface area contributed by atoms with Crippen molar-refractivity contribution in [2.75, 3.05) is 5.32 Å². The van der Waals surface area contributed by atoms with Crippen LogP contribution in [0.25, 0.3) is 0 Å². The van der Waals surface area contributed by atoms with E-state index >= 15 is 0 Å². The summed E-state index contributed by atoms with van der Waals surface area (Å²) < 4.78 is 0. The van der Waals surface area contributed by atoms with Crippen LogP contribution in [-0.4, -0.2) is 25.8 Å². The van der Waals surface area contributed by atoms with Crippen LogP contribution in [-0.2, 0) is 10.5 Å². The summed E-state index contributed by atoms with van der Waals surface area (Å²) >= 11 is 1.31. The van der Waals surface area contributed by atoms with E-state index in [1.807, 2.05) is 13.8 Å². The summed E-state index contributed by atoms with van der Waals surface area (Å²) in [5.41, 5.74) is 2.74. The number of H-pyrrole nitrogens is 1. The van der Waals surface area contributed by atoms with Gasteiger partial charge in [0.1, 0.15) is 11.6 Å². The molecule has 0 fully saturated rings. The lowest BCUT2D eigenvalue weighted by molar-refractivity contribution is -0.384. The third kappa shape index (κ3) is 4.51. The summed E-state index contributed by atoms with van der Waals surface area (Å²) in [4.78, 5) is 44.6. The van der Waals surface area contributed by atoms with Gasteiger partial charge in [-0.3, -0.25) is 19.7 Å². The number of aromatic hydroxyl groups is 1. The fraction of sp³-hybridized carbons (Fsp3) is 0.269. The van der Waals surface area contributed by atoms with Crippen molar-refractivity contribution < 1.29 is 14.8 Å². The second-order valence-electron chi connectivity index (χ2n) is 9.83. The number of phenols is 1. The van der Waals surface area contributed by atoms with Crippen LogP contribution >= 0.6 is 11.8 Å². The lowest BCUT2D eigenvalue weighted by atomic mass is 9.69. The van der Waals surface area contributed by atoms with E-state index in [1.165, 1.54) is 23.9 Å². The van der Waals surface area contributed by atoms with E-state index in [0.29, 0.717) is 40.7 Å². The number of nitro benzene ring substituents is 1. The number of hydrogen-bond acceptors (Lipinski definition) is 8. The maximum Gasteiger partial charge on any atom is 0.269 e. The largest absolute Gasteiger partial charge is 0.508 e. The van der Waals surface area contributed by atoms with Crippen LogP contribution in [0.2, 0.25) is 0 Å². The molecule has 2 aliphatic rings. The molecule has 1 atom stereocenters. The van der Waals surface area contributed by atoms with Crippen molar-refractivity contribution in [3.05, 3.63) is 97.0 Å². The van der Waals surface area contributed by atoms with Gasteiger partial charge < -0.3 is 15.4 Å². The molecule has 1 aliphatic heterocycles. The molecule has 2 heterocycles. The highest BCUT2D eigenvalue weighted by molar-refractivity contribution is 7.98. The third-order valence-electron chi connectivity index (χ3n) is 6.45. The Bertz CT molecular complexity index is 1460. The fourth-order valence-electron chi connectivity index (χ4n) is 4.83. The van der Waals surface area contributed by atoms with E-state index in [1.54, 1.807) is 36.4 Å². The smallest absolute Gasteiger partial charge is 0.269 e. The Hall–Kier alpha value is -3.92. The predicted molar refractivity (Wildman–Crippen MR) is 136 cm³/mol. The van der Waals surface area contributed by atoms with Gasteiger partial charge in [0.25, 0.3) is 11.2 Å². The van der Waals surface area contributed by atoms with Gasteiger partial charge in [-0.15, -0.1) is 0 Å². The number of nitrogens with one attached hydrogen (secondary N) is 2. The van der Waals surface area contributed by atoms with E-state index in [2.05, 4.69) is 15.3 Å². The fourth-order valence-corrected chi connectivity index (χ4v) is 5.64. The van der Waals surface area contributed by atoms with Crippen molar-refractivity contribution >= 4 is 29.1 Å². The average molecular weight is 505 g/mol. The van der Waals surface area contributed by atoms with Gasteiger partial charge in [0, 0.05) is 41.5 Å². The Morgan fingerprint density at radius 1 is 1.11 bits per heavy atom. The Morgan fingerprint density at radius 3 is 2.47 bits per heavy atom. The number of benzene rings is 2. The predicted octanol–water partition coefficient (Wildman–Crippen LogP) is 4.88. The topological polar surface area (TPSA) is 138 Å². The van der Waals surface area contributed by atoms with E-state index < -0.39 is 10.8 Å². The number of nitrogens with zero attached hydrogens (tertiary/aromatic N) is 2. The van der Waals surface area contributed by atoms with Crippen molar-refractivity contribution in [3.8, 4) is 5.75 Å². The molecular formula is C26H24N4O5S. The summed E-state index contributed by atoms with van der Waals surface area (Å²) in [6.07, 6.45) is 1.02. The average Bonchev–Trinajstić information content (AvgIpc) is 2.81. The number of anilines is 1. The molecule has 2 aromatic carbocycles. The second kappa shape index (κ2) is 8.94. The first-order valence-corrected chi connectivity index (χ1v) is 12.4. The number of aromatic nitrogens is 2. The molecule has 10 heteroatoms. The Kier molecular flexibility index (Phi) is 5.91. The molecule has 184 valence electrons. The SMILES string of the molecule is CC1(C)CC(=O)C2=C(C1)Nc1nc(SCc3ccc([N+](=O)[O-])cc3)[nH]c(=O)c1C2c1ccc(O)cc1. The van der Waals surface area contributed by atoms with Crippen LogP contribution in [0.5, 0.6) is 5.75 Å². The zero-order valence-corrected chi connectivity index (χ0v) is 20.5. The van der Waals surface area contributed by atoms with Crippen LogP contribution in [0.15, 0.2) is 69.8 Å². The zero-order valence-electron chi connectivity index (χ0n) is 19.7. The minimum atomic E-state index is -0.592. The molecular weight excluding hydrogens is 480 g/mol. The highest BCUT2D eigenvalue weighted by Crippen LogP contribution is 2.47. The number of aromatic amines is 1. The van der Waals surface area contributed by atoms with Gasteiger partial charge in [-0.2, -0.15) is 0 Å². The molecule has 0 bridgehead atoms. The van der Waals surface area contributed by atoms with Crippen LogP contribution in [0, 0.1) is 15.5 Å². The van der Waals surface area contributed by atoms with Crippen molar-refractivity contribution in [3.63, 3.8) is 0 Å². The summed E-state index contributed by atoms with van der Waals surface area (Å²) in [6.45, 7) is 4.08. The first-order valence-electron chi connectivity index (χ1n) is 11.4. The van der Waals surface area contributed by atoms with Crippen LogP contribution in [0.4, 0.5) is 11.5 Å². The number of fused-ring (bicyclic) bond motifs is 1. The maximum absolute atomic E-state index is 13.4. The molecule has 3 aromatic rings. The molecule has 3 N–H and O–H groups in total. The number of Topliss-reactive ketones (excluding diaryl/α,β-unsaturated/α-hetero) is 1. The second-order valence-corrected chi connectivity index (χ2v) is 10.8. The normalized spacial score (nSPS) is 18.3. The summed E-state index contributed by atoms with van der Waals surface area (Å²) in [5, 5.41) is 24.3. The molecule has 0 saturated heterocycles. The quantitative estimate of drug-likeness (QED) is 0.193. The van der Waals surface area contributed by atoms with Crippen molar-refractivity contribution in [2.45, 2.75) is 43.5 Å². The van der Waals surface area contributed by atoms with Gasteiger partial charge in [-0.05, 0) is 35.1 Å². The summed E-state index contributed by atoms with van der Waals surface area (Å²) in [6, 6.07) is 12.8. The molecule has 0 spiro atoms. The molecule has 1 aromatic heterocycles. The lowest BCUT2D eigenvalue weighted by Gasteiger charge is -2.38. The van der Waals surface area contributed by atoms with Crippen LogP contribution in [0.3, 0.4) is 0 Å². The summed E-state index contributed by atoms with van der Waals surface area (Å²) in [7, 11) is 0. The Morgan fingerprint density at radius 2 is 1.81 bits per heavy atom. The highest BCUT2D eigenvalue weighted by Gasteiger charge is 2.42. The molecule has 36 heavy (non-hydrogen) atoms. The van der Waals surface area contributed by atoms with Crippen LogP contribution in [0.1, 0.15) is 49.3 Å². The van der Waals surface area contributed by atoms with Gasteiger partial charge in [-0.1, -0.05) is 49.9 Å². The molecule has 1 unspecified atom stereocenters. The molecule has 1 aliphatic carbocycles. The highest BCUT2D eigenvalue weighted by atomic mass is 32.2. The van der Waals surface area contributed by atoms with Crippen LogP contribution < -0.4 is 10.9 Å². The first kappa shape index (κ1) is 23.8.